The molecule has 0 atom stereocenters. The van der Waals surface area contributed by atoms with Crippen LogP contribution in [0.25, 0.3) is 0 Å². The third kappa shape index (κ3) is 16.6. The Balaban J connectivity index is 2.13. The van der Waals surface area contributed by atoms with Crippen LogP contribution < -0.4 is 32.7 Å². The van der Waals surface area contributed by atoms with E-state index in [4.69, 9.17) is 11.5 Å². The van der Waals surface area contributed by atoms with E-state index in [1.807, 2.05) is 0 Å². The van der Waals surface area contributed by atoms with Crippen molar-refractivity contribution in [1.82, 2.24) is 21.3 Å². The topological polar surface area (TPSA) is 100 Å². The largest absolute Gasteiger partial charge is 0.330 e. The first-order chi connectivity index (χ1) is 15.8. The molecule has 1 rings (SSSR count). The fraction of sp³-hybridized carbons (Fsp3) is 0.769. The molecule has 186 valence electrons. The molecule has 0 unspecified atom stereocenters. The van der Waals surface area contributed by atoms with Crippen LogP contribution in [-0.4, -0.2) is 52.4 Å². The Kier molecular flexibility index (Phi) is 19.8. The van der Waals surface area contributed by atoms with E-state index in [-0.39, 0.29) is 0 Å². The predicted molar refractivity (Wildman–Crippen MR) is 140 cm³/mol. The highest BCUT2D eigenvalue weighted by Crippen LogP contribution is 2.11. The third-order valence-electron chi connectivity index (χ3n) is 5.71. The van der Waals surface area contributed by atoms with Crippen LogP contribution in [0.2, 0.25) is 0 Å². The molecule has 0 saturated carbocycles. The van der Waals surface area contributed by atoms with Crippen molar-refractivity contribution in [1.29, 1.82) is 0 Å². The van der Waals surface area contributed by atoms with Crippen molar-refractivity contribution in [2.24, 2.45) is 11.5 Å². The first-order valence-corrected chi connectivity index (χ1v) is 13.1. The highest BCUT2D eigenvalue weighted by Gasteiger charge is 2.01. The first kappa shape index (κ1) is 29.0. The van der Waals surface area contributed by atoms with Gasteiger partial charge in [0.25, 0.3) is 0 Å². The van der Waals surface area contributed by atoms with Crippen LogP contribution in [0.15, 0.2) is 18.2 Å². The number of rotatable bonds is 23. The smallest absolute Gasteiger partial charge is 0.0205 e. The van der Waals surface area contributed by atoms with Gasteiger partial charge in [0.05, 0.1) is 0 Å². The second-order valence-corrected chi connectivity index (χ2v) is 8.77. The van der Waals surface area contributed by atoms with Gasteiger partial charge in [-0.05, 0) is 127 Å². The third-order valence-corrected chi connectivity index (χ3v) is 5.71. The number of nitrogens with one attached hydrogen (secondary N) is 4. The molecular weight excluding hydrogens is 396 g/mol. The Morgan fingerprint density at radius 3 is 1.22 bits per heavy atom. The van der Waals surface area contributed by atoms with Gasteiger partial charge >= 0.3 is 0 Å². The van der Waals surface area contributed by atoms with Crippen LogP contribution in [0, 0.1) is 0 Å². The van der Waals surface area contributed by atoms with Gasteiger partial charge in [-0.15, -0.1) is 0 Å². The lowest BCUT2D eigenvalue weighted by Crippen LogP contribution is -2.21. The summed E-state index contributed by atoms with van der Waals surface area (Å²) in [6.45, 7) is 12.3. The molecule has 0 aliphatic carbocycles. The number of benzene rings is 1. The number of hydrogen-bond donors (Lipinski definition) is 6. The van der Waals surface area contributed by atoms with E-state index in [2.05, 4.69) is 46.4 Å². The van der Waals surface area contributed by atoms with Gasteiger partial charge in [0.2, 0.25) is 0 Å². The van der Waals surface area contributed by atoms with Crippen molar-refractivity contribution in [3.8, 4) is 0 Å². The molecule has 1 aromatic rings. The van der Waals surface area contributed by atoms with Gasteiger partial charge in [-0.1, -0.05) is 25.1 Å². The molecule has 0 saturated heterocycles. The second-order valence-electron chi connectivity index (χ2n) is 8.77. The van der Waals surface area contributed by atoms with E-state index in [0.29, 0.717) is 0 Å². The number of hydrogen-bond acceptors (Lipinski definition) is 6. The minimum absolute atomic E-state index is 0.802. The van der Waals surface area contributed by atoms with Crippen LogP contribution in [-0.2, 0) is 19.5 Å². The molecule has 0 aliphatic heterocycles. The van der Waals surface area contributed by atoms with Crippen LogP contribution >= 0.6 is 0 Å². The first-order valence-electron chi connectivity index (χ1n) is 13.1. The fourth-order valence-corrected chi connectivity index (χ4v) is 3.75. The van der Waals surface area contributed by atoms with Gasteiger partial charge < -0.3 is 32.7 Å². The fourth-order valence-electron chi connectivity index (χ4n) is 3.75. The summed E-state index contributed by atoms with van der Waals surface area (Å²) in [5, 5.41) is 14.2. The molecule has 6 nitrogen and oxygen atoms in total. The summed E-state index contributed by atoms with van der Waals surface area (Å²) in [5.74, 6) is 0. The maximum Gasteiger partial charge on any atom is 0.0205 e. The Hall–Kier alpha value is -1.02. The van der Waals surface area contributed by atoms with E-state index in [9.17, 15) is 0 Å². The molecule has 1 aromatic carbocycles. The van der Waals surface area contributed by atoms with Crippen LogP contribution in [0.4, 0.5) is 0 Å². The van der Waals surface area contributed by atoms with E-state index >= 15 is 0 Å². The van der Waals surface area contributed by atoms with E-state index in [0.717, 1.165) is 84.7 Å². The lowest BCUT2D eigenvalue weighted by molar-refractivity contribution is 0.565. The van der Waals surface area contributed by atoms with Crippen LogP contribution in [0.1, 0.15) is 75.0 Å². The van der Waals surface area contributed by atoms with E-state index in [1.54, 1.807) is 0 Å². The molecule has 32 heavy (non-hydrogen) atoms. The van der Waals surface area contributed by atoms with Crippen molar-refractivity contribution in [2.45, 2.75) is 77.8 Å². The molecule has 0 fully saturated rings. The van der Waals surface area contributed by atoms with Crippen molar-refractivity contribution in [3.05, 3.63) is 34.9 Å². The molecule has 0 amide bonds. The number of unbranched alkanes of at least 4 members (excludes halogenated alkanes) is 4. The van der Waals surface area contributed by atoms with Gasteiger partial charge in [-0.3, -0.25) is 0 Å². The zero-order valence-electron chi connectivity index (χ0n) is 20.8. The van der Waals surface area contributed by atoms with E-state index < -0.39 is 0 Å². The monoisotopic (exact) mass is 448 g/mol. The Bertz CT molecular complexity index is 495. The molecule has 6 heteroatoms. The van der Waals surface area contributed by atoms with Crippen molar-refractivity contribution in [3.63, 3.8) is 0 Å². The Labute approximate surface area is 198 Å². The van der Waals surface area contributed by atoms with Gasteiger partial charge in [0, 0.05) is 13.1 Å². The highest BCUT2D eigenvalue weighted by atomic mass is 14.9. The summed E-state index contributed by atoms with van der Waals surface area (Å²) in [6, 6.07) is 7.06. The Morgan fingerprint density at radius 1 is 0.500 bits per heavy atom. The normalized spacial score (nSPS) is 11.3. The zero-order chi connectivity index (χ0) is 23.1. The summed E-state index contributed by atoms with van der Waals surface area (Å²) >= 11 is 0. The molecule has 0 aliphatic rings. The van der Waals surface area contributed by atoms with Gasteiger partial charge in [0.1, 0.15) is 0 Å². The standard InChI is InChI=1S/C26H52N6/c1-2-24-19-25(22-31-17-9-7-15-29-13-5-3-11-27)21-26(20-24)23-32-18-10-8-16-30-14-6-4-12-28/h19-21,29-32H,2-18,22-23,27-28H2,1H3. The minimum atomic E-state index is 0.802. The van der Waals surface area contributed by atoms with Gasteiger partial charge in [0.15, 0.2) is 0 Å². The average molecular weight is 449 g/mol. The lowest BCUT2D eigenvalue weighted by atomic mass is 10.0. The summed E-state index contributed by atoms with van der Waals surface area (Å²) in [7, 11) is 0. The summed E-state index contributed by atoms with van der Waals surface area (Å²) in [6.07, 6.45) is 10.6. The maximum atomic E-state index is 5.52. The quantitative estimate of drug-likeness (QED) is 0.144. The zero-order valence-corrected chi connectivity index (χ0v) is 20.8. The van der Waals surface area contributed by atoms with E-state index in [1.165, 1.54) is 55.2 Å². The highest BCUT2D eigenvalue weighted by molar-refractivity contribution is 5.30. The number of aryl methyl sites for hydroxylation is 1. The predicted octanol–water partition coefficient (Wildman–Crippen LogP) is 2.65. The summed E-state index contributed by atoms with van der Waals surface area (Å²) in [5.41, 5.74) is 15.3. The molecule has 0 spiro atoms. The molecule has 0 bridgehead atoms. The summed E-state index contributed by atoms with van der Waals surface area (Å²) in [4.78, 5) is 0. The van der Waals surface area contributed by atoms with Crippen molar-refractivity contribution in [2.75, 3.05) is 52.4 Å². The average Bonchev–Trinajstić information content (AvgIpc) is 2.81. The van der Waals surface area contributed by atoms with Gasteiger partial charge in [-0.2, -0.15) is 0 Å². The van der Waals surface area contributed by atoms with Crippen LogP contribution in [0.3, 0.4) is 0 Å². The molecule has 8 N–H and O–H groups in total. The van der Waals surface area contributed by atoms with Gasteiger partial charge in [-0.25, -0.2) is 0 Å². The maximum absolute atomic E-state index is 5.52. The van der Waals surface area contributed by atoms with Crippen molar-refractivity contribution < 1.29 is 0 Å². The van der Waals surface area contributed by atoms with Crippen molar-refractivity contribution >= 4 is 0 Å². The Morgan fingerprint density at radius 2 is 0.844 bits per heavy atom. The molecule has 0 aromatic heterocycles. The number of nitrogens with two attached hydrogens (primary N) is 2. The molecule has 0 radical (unpaired) electrons. The molecule has 0 heterocycles. The summed E-state index contributed by atoms with van der Waals surface area (Å²) < 4.78 is 0. The van der Waals surface area contributed by atoms with Crippen LogP contribution in [0.5, 0.6) is 0 Å². The second kappa shape index (κ2) is 21.8. The molecular formula is C26H52N6. The lowest BCUT2D eigenvalue weighted by Gasteiger charge is -2.11. The SMILES string of the molecule is CCc1cc(CNCCCCNCCCCN)cc(CNCCCCNCCCCN)c1. The minimum Gasteiger partial charge on any atom is -0.330 e.